The van der Waals surface area contributed by atoms with Gasteiger partial charge in [-0.15, -0.1) is 0 Å². The minimum atomic E-state index is -1.46. The van der Waals surface area contributed by atoms with Gasteiger partial charge >= 0.3 is 0 Å². The highest BCUT2D eigenvalue weighted by atomic mass is 19.1. The van der Waals surface area contributed by atoms with Crippen LogP contribution >= 0.6 is 0 Å². The molecule has 0 aliphatic heterocycles. The molecule has 0 fully saturated rings. The van der Waals surface area contributed by atoms with Crippen LogP contribution in [0.4, 0.5) is 4.39 Å². The van der Waals surface area contributed by atoms with Crippen molar-refractivity contribution in [3.63, 3.8) is 0 Å². The summed E-state index contributed by atoms with van der Waals surface area (Å²) in [6.07, 6.45) is -3.36. The molecule has 0 radical (unpaired) electrons. The van der Waals surface area contributed by atoms with Crippen molar-refractivity contribution in [2.24, 2.45) is 5.73 Å². The topological polar surface area (TPSA) is 107 Å². The van der Waals surface area contributed by atoms with Gasteiger partial charge in [-0.25, -0.2) is 4.39 Å². The minimum absolute atomic E-state index is 0.0318. The number of carbonyl (C=O) groups is 1. The van der Waals surface area contributed by atoms with Crippen LogP contribution in [0.2, 0.25) is 0 Å². The highest BCUT2D eigenvalue weighted by molar-refractivity contribution is 5.74. The number of benzene rings is 1. The summed E-state index contributed by atoms with van der Waals surface area (Å²) in [5.74, 6) is -1.38. The second-order valence-corrected chi connectivity index (χ2v) is 3.86. The lowest BCUT2D eigenvalue weighted by Gasteiger charge is -2.19. The van der Waals surface area contributed by atoms with Crippen LogP contribution in [0.5, 0.6) is 0 Å². The zero-order valence-corrected chi connectivity index (χ0v) is 9.51. The Hall–Kier alpha value is -1.97. The molecule has 2 atom stereocenters. The number of aliphatic hydroxyl groups is 2. The second kappa shape index (κ2) is 6.10. The van der Waals surface area contributed by atoms with E-state index in [-0.39, 0.29) is 12.0 Å². The van der Waals surface area contributed by atoms with Crippen LogP contribution in [-0.2, 0) is 11.2 Å². The highest BCUT2D eigenvalue weighted by Gasteiger charge is 2.23. The third-order valence-corrected chi connectivity index (χ3v) is 2.47. The molecule has 0 saturated heterocycles. The summed E-state index contributed by atoms with van der Waals surface area (Å²) in [5, 5.41) is 28.0. The first-order valence-electron chi connectivity index (χ1n) is 5.25. The van der Waals surface area contributed by atoms with E-state index in [0.29, 0.717) is 5.56 Å². The Morgan fingerprint density at radius 1 is 1.50 bits per heavy atom. The molecule has 0 saturated carbocycles. The van der Waals surface area contributed by atoms with Crippen molar-refractivity contribution in [3.8, 4) is 6.07 Å². The highest BCUT2D eigenvalue weighted by Crippen LogP contribution is 2.24. The number of carbonyl (C=O) groups excluding carboxylic acids is 1. The summed E-state index contributed by atoms with van der Waals surface area (Å²) in [4.78, 5) is 10.6. The summed E-state index contributed by atoms with van der Waals surface area (Å²) in [6, 6.07) is 5.41. The first-order chi connectivity index (χ1) is 8.45. The Kier molecular flexibility index (Phi) is 4.77. The van der Waals surface area contributed by atoms with E-state index in [4.69, 9.17) is 11.0 Å². The minimum Gasteiger partial charge on any atom is -0.390 e. The van der Waals surface area contributed by atoms with Crippen LogP contribution in [0.3, 0.4) is 0 Å². The normalized spacial score (nSPS) is 13.7. The Labute approximate surface area is 103 Å². The van der Waals surface area contributed by atoms with Gasteiger partial charge in [-0.2, -0.15) is 5.26 Å². The molecule has 1 rings (SSSR count). The molecule has 0 bridgehead atoms. The van der Waals surface area contributed by atoms with Crippen LogP contribution in [0, 0.1) is 17.1 Å². The molecule has 0 aliphatic rings. The van der Waals surface area contributed by atoms with Gasteiger partial charge in [-0.05, 0) is 23.3 Å². The number of nitrogens with two attached hydrogens (primary N) is 1. The van der Waals surface area contributed by atoms with E-state index < -0.39 is 30.4 Å². The fraction of sp³-hybridized carbons (Fsp3) is 0.333. The van der Waals surface area contributed by atoms with Gasteiger partial charge in [0.15, 0.2) is 0 Å². The smallest absolute Gasteiger partial charge is 0.220 e. The van der Waals surface area contributed by atoms with Gasteiger partial charge in [-0.1, -0.05) is 6.07 Å². The summed E-state index contributed by atoms with van der Waals surface area (Å²) >= 11 is 0. The van der Waals surface area contributed by atoms with Crippen molar-refractivity contribution in [3.05, 3.63) is 35.1 Å². The van der Waals surface area contributed by atoms with Crippen LogP contribution in [0.1, 0.15) is 23.7 Å². The number of nitrogens with zero attached hydrogens (tertiary/aromatic N) is 1. The van der Waals surface area contributed by atoms with Gasteiger partial charge in [-0.3, -0.25) is 4.79 Å². The number of hydrogen-bond acceptors (Lipinski definition) is 4. The molecule has 4 N–H and O–H groups in total. The Morgan fingerprint density at radius 2 is 2.17 bits per heavy atom. The summed E-state index contributed by atoms with van der Waals surface area (Å²) in [7, 11) is 0. The van der Waals surface area contributed by atoms with Crippen LogP contribution in [0.15, 0.2) is 18.2 Å². The van der Waals surface area contributed by atoms with E-state index in [1.807, 2.05) is 6.07 Å². The number of primary amides is 1. The number of halogens is 1. The standard InChI is InChI=1S/C12H13FN2O3/c13-8-2-1-7(3-4-14)9(5-8)12(18)10(16)6-11(15)17/h1-2,5,10,12,16,18H,3,6H2,(H2,15,17). The Bertz CT molecular complexity index is 485. The molecule has 0 aromatic heterocycles. The van der Waals surface area contributed by atoms with Gasteiger partial charge in [0.1, 0.15) is 11.9 Å². The molecule has 1 aromatic carbocycles. The Morgan fingerprint density at radius 3 is 2.72 bits per heavy atom. The van der Waals surface area contributed by atoms with Gasteiger partial charge in [0.25, 0.3) is 0 Å². The molecule has 2 unspecified atom stereocenters. The maximum absolute atomic E-state index is 13.1. The van der Waals surface area contributed by atoms with Crippen LogP contribution in [0.25, 0.3) is 0 Å². The van der Waals surface area contributed by atoms with E-state index in [1.54, 1.807) is 0 Å². The van der Waals surface area contributed by atoms with Crippen molar-refractivity contribution >= 4 is 5.91 Å². The lowest BCUT2D eigenvalue weighted by Crippen LogP contribution is -2.26. The third kappa shape index (κ3) is 3.52. The summed E-state index contributed by atoms with van der Waals surface area (Å²) in [5.41, 5.74) is 5.39. The molecule has 0 aliphatic carbocycles. The van der Waals surface area contributed by atoms with E-state index in [2.05, 4.69) is 0 Å². The van der Waals surface area contributed by atoms with E-state index >= 15 is 0 Å². The molecular weight excluding hydrogens is 239 g/mol. The molecule has 0 heterocycles. The number of aliphatic hydroxyl groups excluding tert-OH is 2. The van der Waals surface area contributed by atoms with Crippen molar-refractivity contribution in [1.82, 2.24) is 0 Å². The molecule has 96 valence electrons. The monoisotopic (exact) mass is 252 g/mol. The second-order valence-electron chi connectivity index (χ2n) is 3.86. The molecule has 0 spiro atoms. The first kappa shape index (κ1) is 14.1. The molecule has 5 nitrogen and oxygen atoms in total. The third-order valence-electron chi connectivity index (χ3n) is 2.47. The SMILES string of the molecule is N#CCc1ccc(F)cc1C(O)C(O)CC(N)=O. The van der Waals surface area contributed by atoms with Gasteiger partial charge in [0, 0.05) is 0 Å². The largest absolute Gasteiger partial charge is 0.390 e. The number of hydrogen-bond donors (Lipinski definition) is 3. The molecular formula is C12H13FN2O3. The van der Waals surface area contributed by atoms with E-state index in [9.17, 15) is 19.4 Å². The van der Waals surface area contributed by atoms with Crippen LogP contribution < -0.4 is 5.73 Å². The lowest BCUT2D eigenvalue weighted by atomic mass is 9.95. The van der Waals surface area contributed by atoms with Crippen molar-refractivity contribution in [1.29, 1.82) is 5.26 Å². The summed E-state index contributed by atoms with van der Waals surface area (Å²) in [6.45, 7) is 0. The fourth-order valence-corrected chi connectivity index (χ4v) is 1.61. The lowest BCUT2D eigenvalue weighted by molar-refractivity contribution is -0.121. The van der Waals surface area contributed by atoms with E-state index in [1.165, 1.54) is 6.07 Å². The molecule has 1 amide bonds. The average Bonchev–Trinajstić information content (AvgIpc) is 2.30. The van der Waals surface area contributed by atoms with Gasteiger partial charge in [0.2, 0.25) is 5.91 Å². The zero-order chi connectivity index (χ0) is 13.7. The molecule has 6 heteroatoms. The van der Waals surface area contributed by atoms with E-state index in [0.717, 1.165) is 12.1 Å². The molecule has 1 aromatic rings. The number of nitriles is 1. The van der Waals surface area contributed by atoms with Crippen molar-refractivity contribution < 1.29 is 19.4 Å². The maximum atomic E-state index is 13.1. The predicted octanol–water partition coefficient (Wildman–Crippen LogP) is 0.161. The number of rotatable bonds is 5. The maximum Gasteiger partial charge on any atom is 0.220 e. The van der Waals surface area contributed by atoms with Crippen LogP contribution in [-0.4, -0.2) is 22.2 Å². The number of amides is 1. The predicted molar refractivity (Wildman–Crippen MR) is 60.5 cm³/mol. The van der Waals surface area contributed by atoms with Gasteiger partial charge < -0.3 is 15.9 Å². The Balaban J connectivity index is 3.03. The van der Waals surface area contributed by atoms with Crippen molar-refractivity contribution in [2.45, 2.75) is 25.0 Å². The zero-order valence-electron chi connectivity index (χ0n) is 9.51. The average molecular weight is 252 g/mol. The first-order valence-corrected chi connectivity index (χ1v) is 5.25. The van der Waals surface area contributed by atoms with Crippen molar-refractivity contribution in [2.75, 3.05) is 0 Å². The summed E-state index contributed by atoms with van der Waals surface area (Å²) < 4.78 is 13.1. The molecule has 18 heavy (non-hydrogen) atoms. The van der Waals surface area contributed by atoms with Gasteiger partial charge in [0.05, 0.1) is 25.0 Å². The fourth-order valence-electron chi connectivity index (χ4n) is 1.61. The quantitative estimate of drug-likeness (QED) is 0.693.